The highest BCUT2D eigenvalue weighted by atomic mass is 79.9. The van der Waals surface area contributed by atoms with Crippen LogP contribution in [-0.4, -0.2) is 29.1 Å². The summed E-state index contributed by atoms with van der Waals surface area (Å²) in [6.07, 6.45) is 0.904. The van der Waals surface area contributed by atoms with E-state index in [-0.39, 0.29) is 12.6 Å². The Bertz CT molecular complexity index is 403. The molecular formula is C15H22BrNO2. The van der Waals surface area contributed by atoms with E-state index in [1.165, 1.54) is 5.56 Å². The topological polar surface area (TPSA) is 40.5 Å². The van der Waals surface area contributed by atoms with E-state index in [1.807, 2.05) is 12.1 Å². The van der Waals surface area contributed by atoms with Crippen molar-refractivity contribution in [1.29, 1.82) is 0 Å². The van der Waals surface area contributed by atoms with Crippen molar-refractivity contribution in [1.82, 2.24) is 4.90 Å². The van der Waals surface area contributed by atoms with Crippen LogP contribution in [0.5, 0.6) is 0 Å². The molecule has 0 aromatic heterocycles. The van der Waals surface area contributed by atoms with Gasteiger partial charge in [0.2, 0.25) is 0 Å². The maximum Gasteiger partial charge on any atom is 0.317 e. The number of rotatable bonds is 7. The van der Waals surface area contributed by atoms with Crippen LogP contribution >= 0.6 is 15.9 Å². The summed E-state index contributed by atoms with van der Waals surface area (Å²) in [6, 6.07) is 8.30. The molecule has 0 bridgehead atoms. The average molecular weight is 328 g/mol. The van der Waals surface area contributed by atoms with Crippen molar-refractivity contribution < 1.29 is 9.90 Å². The second-order valence-corrected chi connectivity index (χ2v) is 6.11. The molecule has 0 aliphatic rings. The fraction of sp³-hybridized carbons (Fsp3) is 0.533. The van der Waals surface area contributed by atoms with Gasteiger partial charge in [-0.1, -0.05) is 48.8 Å². The van der Waals surface area contributed by atoms with Crippen LogP contribution in [0.1, 0.15) is 38.8 Å². The number of hydrogen-bond acceptors (Lipinski definition) is 2. The predicted octanol–water partition coefficient (Wildman–Crippen LogP) is 3.94. The van der Waals surface area contributed by atoms with Crippen LogP contribution < -0.4 is 0 Å². The van der Waals surface area contributed by atoms with Crippen LogP contribution in [0.3, 0.4) is 0 Å². The summed E-state index contributed by atoms with van der Waals surface area (Å²) in [6.45, 7) is 7.21. The fourth-order valence-corrected chi connectivity index (χ4v) is 2.60. The zero-order chi connectivity index (χ0) is 14.4. The first-order valence-corrected chi connectivity index (χ1v) is 7.44. The second-order valence-electron chi connectivity index (χ2n) is 5.19. The van der Waals surface area contributed by atoms with Gasteiger partial charge in [0.25, 0.3) is 0 Å². The number of aliphatic carboxylic acids is 1. The molecule has 0 radical (unpaired) electrons. The maximum atomic E-state index is 11.0. The monoisotopic (exact) mass is 327 g/mol. The van der Waals surface area contributed by atoms with Gasteiger partial charge in [-0.3, -0.25) is 9.69 Å². The third kappa shape index (κ3) is 5.33. The standard InChI is InChI=1S/C15H22BrNO2/c1-4-14(12-5-7-13(16)8-6-12)17(9-11(2)3)10-15(18)19/h5-8,11,14H,4,9-10H2,1-3H3,(H,18,19). The van der Waals surface area contributed by atoms with Gasteiger partial charge in [0.1, 0.15) is 0 Å². The van der Waals surface area contributed by atoms with Crippen molar-refractivity contribution in [3.63, 3.8) is 0 Å². The minimum atomic E-state index is -0.767. The minimum absolute atomic E-state index is 0.0900. The first kappa shape index (κ1) is 16.2. The van der Waals surface area contributed by atoms with E-state index in [0.717, 1.165) is 17.4 Å². The van der Waals surface area contributed by atoms with Crippen molar-refractivity contribution in [3.8, 4) is 0 Å². The molecule has 0 fully saturated rings. The van der Waals surface area contributed by atoms with E-state index in [1.54, 1.807) is 0 Å². The Labute approximate surface area is 123 Å². The van der Waals surface area contributed by atoms with Gasteiger partial charge < -0.3 is 5.11 Å². The molecule has 0 saturated carbocycles. The number of carboxylic acid groups (broad SMARTS) is 1. The molecule has 1 unspecified atom stereocenters. The molecule has 0 aliphatic heterocycles. The molecule has 0 heterocycles. The van der Waals surface area contributed by atoms with Gasteiger partial charge in [0.15, 0.2) is 0 Å². The molecule has 106 valence electrons. The minimum Gasteiger partial charge on any atom is -0.480 e. The first-order chi connectivity index (χ1) is 8.93. The molecular weight excluding hydrogens is 306 g/mol. The molecule has 1 N–H and O–H groups in total. The van der Waals surface area contributed by atoms with Gasteiger partial charge in [-0.2, -0.15) is 0 Å². The molecule has 0 saturated heterocycles. The molecule has 1 aromatic rings. The van der Waals surface area contributed by atoms with E-state index in [4.69, 9.17) is 5.11 Å². The van der Waals surface area contributed by atoms with Crippen LogP contribution in [0, 0.1) is 5.92 Å². The van der Waals surface area contributed by atoms with E-state index in [2.05, 4.69) is 53.7 Å². The maximum absolute atomic E-state index is 11.0. The van der Waals surface area contributed by atoms with Crippen LogP contribution in [0.25, 0.3) is 0 Å². The number of carbonyl (C=O) groups is 1. The quantitative estimate of drug-likeness (QED) is 0.824. The Morgan fingerprint density at radius 1 is 1.32 bits per heavy atom. The van der Waals surface area contributed by atoms with Crippen LogP contribution in [0.2, 0.25) is 0 Å². The van der Waals surface area contributed by atoms with Gasteiger partial charge >= 0.3 is 5.97 Å². The molecule has 0 aliphatic carbocycles. The smallest absolute Gasteiger partial charge is 0.317 e. The molecule has 1 rings (SSSR count). The van der Waals surface area contributed by atoms with Crippen molar-refractivity contribution in [2.45, 2.75) is 33.2 Å². The fourth-order valence-electron chi connectivity index (χ4n) is 2.33. The van der Waals surface area contributed by atoms with Gasteiger partial charge in [0, 0.05) is 17.1 Å². The summed E-state index contributed by atoms with van der Waals surface area (Å²) in [5.41, 5.74) is 1.17. The van der Waals surface area contributed by atoms with Gasteiger partial charge in [-0.15, -0.1) is 0 Å². The number of carboxylic acids is 1. The molecule has 1 atom stereocenters. The lowest BCUT2D eigenvalue weighted by Gasteiger charge is -2.31. The van der Waals surface area contributed by atoms with Gasteiger partial charge in [-0.05, 0) is 30.0 Å². The molecule has 1 aromatic carbocycles. The third-order valence-corrected chi connectivity index (χ3v) is 3.55. The summed E-state index contributed by atoms with van der Waals surface area (Å²) < 4.78 is 1.04. The summed E-state index contributed by atoms with van der Waals surface area (Å²) in [4.78, 5) is 13.1. The normalized spacial score (nSPS) is 12.9. The summed E-state index contributed by atoms with van der Waals surface area (Å²) in [7, 11) is 0. The number of hydrogen-bond donors (Lipinski definition) is 1. The molecule has 0 amide bonds. The predicted molar refractivity (Wildman–Crippen MR) is 81.2 cm³/mol. The zero-order valence-corrected chi connectivity index (χ0v) is 13.4. The number of halogens is 1. The lowest BCUT2D eigenvalue weighted by atomic mass is 10.0. The Morgan fingerprint density at radius 3 is 2.32 bits per heavy atom. The Kier molecular flexibility index (Phi) is 6.52. The highest BCUT2D eigenvalue weighted by Gasteiger charge is 2.21. The van der Waals surface area contributed by atoms with Crippen molar-refractivity contribution in [2.75, 3.05) is 13.1 Å². The third-order valence-electron chi connectivity index (χ3n) is 3.02. The van der Waals surface area contributed by atoms with E-state index < -0.39 is 5.97 Å². The van der Waals surface area contributed by atoms with Crippen LogP contribution in [0.15, 0.2) is 28.7 Å². The van der Waals surface area contributed by atoms with Crippen LogP contribution in [0.4, 0.5) is 0 Å². The zero-order valence-electron chi connectivity index (χ0n) is 11.8. The highest BCUT2D eigenvalue weighted by molar-refractivity contribution is 9.10. The Hall–Kier alpha value is -0.870. The number of benzene rings is 1. The molecule has 4 heteroatoms. The van der Waals surface area contributed by atoms with E-state index >= 15 is 0 Å². The largest absolute Gasteiger partial charge is 0.480 e. The lowest BCUT2D eigenvalue weighted by molar-refractivity contribution is -0.139. The van der Waals surface area contributed by atoms with Crippen molar-refractivity contribution in [2.24, 2.45) is 5.92 Å². The van der Waals surface area contributed by atoms with Crippen molar-refractivity contribution >= 4 is 21.9 Å². The first-order valence-electron chi connectivity index (χ1n) is 6.65. The second kappa shape index (κ2) is 7.65. The van der Waals surface area contributed by atoms with Crippen molar-refractivity contribution in [3.05, 3.63) is 34.3 Å². The van der Waals surface area contributed by atoms with Gasteiger partial charge in [0.05, 0.1) is 6.54 Å². The van der Waals surface area contributed by atoms with Crippen LogP contribution in [-0.2, 0) is 4.79 Å². The summed E-state index contributed by atoms with van der Waals surface area (Å²) in [5, 5.41) is 9.08. The molecule has 19 heavy (non-hydrogen) atoms. The molecule has 3 nitrogen and oxygen atoms in total. The van der Waals surface area contributed by atoms with Gasteiger partial charge in [-0.25, -0.2) is 0 Å². The Balaban J connectivity index is 2.94. The van der Waals surface area contributed by atoms with E-state index in [9.17, 15) is 4.79 Å². The molecule has 0 spiro atoms. The highest BCUT2D eigenvalue weighted by Crippen LogP contribution is 2.26. The number of nitrogens with zero attached hydrogens (tertiary/aromatic N) is 1. The summed E-state index contributed by atoms with van der Waals surface area (Å²) in [5.74, 6) is -0.319. The summed E-state index contributed by atoms with van der Waals surface area (Å²) >= 11 is 3.43. The average Bonchev–Trinajstić information content (AvgIpc) is 2.30. The van der Waals surface area contributed by atoms with E-state index in [0.29, 0.717) is 5.92 Å². The lowest BCUT2D eigenvalue weighted by Crippen LogP contribution is -2.36. The Morgan fingerprint density at radius 2 is 1.89 bits per heavy atom. The SMILES string of the molecule is CCC(c1ccc(Br)cc1)N(CC(=O)O)CC(C)C.